The van der Waals surface area contributed by atoms with Gasteiger partial charge >= 0.3 is 5.97 Å². The Bertz CT molecular complexity index is 783. The first-order chi connectivity index (χ1) is 12.0. The molecule has 0 saturated carbocycles. The molecule has 2 aromatic rings. The molecule has 1 atom stereocenters. The van der Waals surface area contributed by atoms with Crippen molar-refractivity contribution in [3.8, 4) is 0 Å². The largest absolute Gasteiger partial charge is 0.480 e. The van der Waals surface area contributed by atoms with Gasteiger partial charge in [-0.3, -0.25) is 14.5 Å². The van der Waals surface area contributed by atoms with Gasteiger partial charge in [-0.05, 0) is 39.3 Å². The first-order valence-corrected chi connectivity index (χ1v) is 8.67. The third kappa shape index (κ3) is 3.69. The Balaban J connectivity index is 1.72. The molecule has 6 heteroatoms. The fourth-order valence-electron chi connectivity index (χ4n) is 3.59. The summed E-state index contributed by atoms with van der Waals surface area (Å²) in [4.78, 5) is 27.5. The molecule has 6 nitrogen and oxygen atoms in total. The second-order valence-corrected chi connectivity index (χ2v) is 6.74. The van der Waals surface area contributed by atoms with Gasteiger partial charge in [0.25, 0.3) is 5.91 Å². The molecule has 1 aliphatic heterocycles. The molecule has 0 radical (unpaired) electrons. The molecule has 1 fully saturated rings. The van der Waals surface area contributed by atoms with Crippen LogP contribution in [0.5, 0.6) is 0 Å². The van der Waals surface area contributed by atoms with Crippen molar-refractivity contribution in [3.05, 3.63) is 35.6 Å². The number of likely N-dealkylation sites (N-methyl/N-ethyl adjacent to an activating group) is 1. The van der Waals surface area contributed by atoms with E-state index in [9.17, 15) is 9.59 Å². The molecule has 0 spiro atoms. The molecular formula is C19H24N2O4. The highest BCUT2D eigenvalue weighted by Gasteiger charge is 2.27. The lowest BCUT2D eigenvalue weighted by atomic mass is 10.1. The highest BCUT2D eigenvalue weighted by molar-refractivity contribution is 5.98. The predicted octanol–water partition coefficient (Wildman–Crippen LogP) is 2.75. The molecule has 3 rings (SSSR count). The lowest BCUT2D eigenvalue weighted by Gasteiger charge is -2.25. The maximum atomic E-state index is 12.9. The summed E-state index contributed by atoms with van der Waals surface area (Å²) in [7, 11) is 1.83. The number of carbonyl (C=O) groups is 2. The molecule has 1 N–H and O–H groups in total. The Hall–Kier alpha value is -2.34. The third-order valence-corrected chi connectivity index (χ3v) is 5.03. The molecule has 1 unspecified atom stereocenters. The Labute approximate surface area is 147 Å². The summed E-state index contributed by atoms with van der Waals surface area (Å²) in [6.07, 6.45) is 2.53. The summed E-state index contributed by atoms with van der Waals surface area (Å²) in [5.74, 6) is -0.480. The van der Waals surface area contributed by atoms with Crippen LogP contribution in [0.25, 0.3) is 11.0 Å². The van der Waals surface area contributed by atoms with Crippen LogP contribution in [-0.2, 0) is 4.79 Å². The van der Waals surface area contributed by atoms with Crippen LogP contribution in [-0.4, -0.2) is 59.5 Å². The molecule has 1 aromatic heterocycles. The van der Waals surface area contributed by atoms with E-state index in [1.165, 1.54) is 0 Å². The maximum Gasteiger partial charge on any atom is 0.317 e. The highest BCUT2D eigenvalue weighted by Crippen LogP contribution is 2.27. The van der Waals surface area contributed by atoms with Crippen LogP contribution in [0.15, 0.2) is 28.7 Å². The lowest BCUT2D eigenvalue weighted by Crippen LogP contribution is -2.37. The molecular weight excluding hydrogens is 320 g/mol. The number of para-hydroxylation sites is 1. The number of aryl methyl sites for hydroxylation is 1. The van der Waals surface area contributed by atoms with Crippen molar-refractivity contribution in [1.82, 2.24) is 9.80 Å². The number of fused-ring (bicyclic) bond motifs is 1. The Morgan fingerprint density at radius 1 is 1.28 bits per heavy atom. The zero-order valence-corrected chi connectivity index (χ0v) is 14.7. The summed E-state index contributed by atoms with van der Waals surface area (Å²) in [6, 6.07) is 7.86. The van der Waals surface area contributed by atoms with Crippen LogP contribution in [0.1, 0.15) is 35.4 Å². The highest BCUT2D eigenvalue weighted by atomic mass is 16.4. The molecule has 0 bridgehead atoms. The minimum atomic E-state index is -0.822. The summed E-state index contributed by atoms with van der Waals surface area (Å²) >= 11 is 0. The average molecular weight is 344 g/mol. The smallest absolute Gasteiger partial charge is 0.317 e. The number of carbonyl (C=O) groups excluding carboxylic acids is 1. The molecule has 25 heavy (non-hydrogen) atoms. The summed E-state index contributed by atoms with van der Waals surface area (Å²) in [6.45, 7) is 3.23. The Kier molecular flexibility index (Phi) is 5.08. The SMILES string of the molecule is Cc1c(C(=O)N2CCCC(N(C)CC(=O)O)CC2)oc2ccccc12. The van der Waals surface area contributed by atoms with Gasteiger partial charge in [0.2, 0.25) is 0 Å². The van der Waals surface area contributed by atoms with Crippen LogP contribution in [0.3, 0.4) is 0 Å². The quantitative estimate of drug-likeness (QED) is 0.923. The fourth-order valence-corrected chi connectivity index (χ4v) is 3.59. The van der Waals surface area contributed by atoms with E-state index >= 15 is 0 Å². The van der Waals surface area contributed by atoms with Gasteiger partial charge in [0, 0.05) is 30.1 Å². The van der Waals surface area contributed by atoms with E-state index in [4.69, 9.17) is 9.52 Å². The van der Waals surface area contributed by atoms with Crippen LogP contribution in [0.2, 0.25) is 0 Å². The van der Waals surface area contributed by atoms with Gasteiger partial charge in [-0.2, -0.15) is 0 Å². The van der Waals surface area contributed by atoms with E-state index in [0.717, 1.165) is 35.8 Å². The number of aliphatic carboxylic acids is 1. The minimum Gasteiger partial charge on any atom is -0.480 e. The van der Waals surface area contributed by atoms with Crippen molar-refractivity contribution in [2.75, 3.05) is 26.7 Å². The summed E-state index contributed by atoms with van der Waals surface area (Å²) in [5.41, 5.74) is 1.61. The fraction of sp³-hybridized carbons (Fsp3) is 0.474. The van der Waals surface area contributed by atoms with Crippen molar-refractivity contribution < 1.29 is 19.1 Å². The van der Waals surface area contributed by atoms with E-state index in [1.807, 2.05) is 48.0 Å². The molecule has 2 heterocycles. The van der Waals surface area contributed by atoms with Gasteiger partial charge in [-0.15, -0.1) is 0 Å². The van der Waals surface area contributed by atoms with Crippen LogP contribution in [0.4, 0.5) is 0 Å². The molecule has 1 aromatic carbocycles. The van der Waals surface area contributed by atoms with Crippen molar-refractivity contribution >= 4 is 22.8 Å². The van der Waals surface area contributed by atoms with Crippen molar-refractivity contribution in [2.24, 2.45) is 0 Å². The van der Waals surface area contributed by atoms with Gasteiger partial charge in [0.15, 0.2) is 5.76 Å². The Morgan fingerprint density at radius 2 is 2.04 bits per heavy atom. The van der Waals surface area contributed by atoms with E-state index in [0.29, 0.717) is 18.8 Å². The van der Waals surface area contributed by atoms with E-state index in [-0.39, 0.29) is 18.5 Å². The Morgan fingerprint density at radius 3 is 2.76 bits per heavy atom. The van der Waals surface area contributed by atoms with Crippen molar-refractivity contribution in [2.45, 2.75) is 32.2 Å². The first-order valence-electron chi connectivity index (χ1n) is 8.67. The van der Waals surface area contributed by atoms with Crippen LogP contribution >= 0.6 is 0 Å². The third-order valence-electron chi connectivity index (χ3n) is 5.03. The second-order valence-electron chi connectivity index (χ2n) is 6.74. The standard InChI is InChI=1S/C19H24N2O4/c1-13-15-7-3-4-8-16(15)25-18(13)19(24)21-10-5-6-14(9-11-21)20(2)12-17(22)23/h3-4,7-8,14H,5-6,9-12H2,1-2H3,(H,22,23). The number of furan rings is 1. The molecule has 134 valence electrons. The number of likely N-dealkylation sites (tertiary alicyclic amines) is 1. The van der Waals surface area contributed by atoms with Crippen LogP contribution in [0, 0.1) is 6.92 Å². The number of rotatable bonds is 4. The number of carboxylic acids is 1. The van der Waals surface area contributed by atoms with E-state index in [2.05, 4.69) is 0 Å². The minimum absolute atomic E-state index is 0.0291. The van der Waals surface area contributed by atoms with E-state index < -0.39 is 5.97 Å². The zero-order chi connectivity index (χ0) is 18.0. The second kappa shape index (κ2) is 7.27. The number of nitrogens with zero attached hydrogens (tertiary/aromatic N) is 2. The molecule has 1 aliphatic rings. The van der Waals surface area contributed by atoms with Crippen molar-refractivity contribution in [1.29, 1.82) is 0 Å². The zero-order valence-electron chi connectivity index (χ0n) is 14.7. The normalized spacial score (nSPS) is 18.5. The monoisotopic (exact) mass is 344 g/mol. The molecule has 1 saturated heterocycles. The first kappa shape index (κ1) is 17.5. The number of benzene rings is 1. The van der Waals surface area contributed by atoms with E-state index in [1.54, 1.807) is 0 Å². The lowest BCUT2D eigenvalue weighted by molar-refractivity contribution is -0.138. The van der Waals surface area contributed by atoms with Gasteiger partial charge < -0.3 is 14.4 Å². The average Bonchev–Trinajstić information content (AvgIpc) is 2.76. The van der Waals surface area contributed by atoms with Gasteiger partial charge in [-0.25, -0.2) is 0 Å². The number of hydrogen-bond donors (Lipinski definition) is 1. The van der Waals surface area contributed by atoms with Crippen LogP contribution < -0.4 is 0 Å². The van der Waals surface area contributed by atoms with Gasteiger partial charge in [0.1, 0.15) is 5.58 Å². The summed E-state index contributed by atoms with van der Waals surface area (Å²) < 4.78 is 5.80. The number of carboxylic acid groups (broad SMARTS) is 1. The predicted molar refractivity (Wildman–Crippen MR) is 94.8 cm³/mol. The molecule has 0 aliphatic carbocycles. The van der Waals surface area contributed by atoms with Crippen molar-refractivity contribution in [3.63, 3.8) is 0 Å². The topological polar surface area (TPSA) is 74.0 Å². The maximum absolute atomic E-state index is 12.9. The van der Waals surface area contributed by atoms with Gasteiger partial charge in [-0.1, -0.05) is 18.2 Å². The molecule has 1 amide bonds. The van der Waals surface area contributed by atoms with Gasteiger partial charge in [0.05, 0.1) is 6.54 Å². The number of hydrogen-bond acceptors (Lipinski definition) is 4. The number of amides is 1. The summed E-state index contributed by atoms with van der Waals surface area (Å²) in [5, 5.41) is 9.93.